The highest BCUT2D eigenvalue weighted by Gasteiger charge is 2.08. The van der Waals surface area contributed by atoms with Crippen LogP contribution in [0.4, 0.5) is 10.1 Å². The van der Waals surface area contributed by atoms with Crippen molar-refractivity contribution in [3.8, 4) is 5.75 Å². The molecular weight excluding hydrogens is 293 g/mol. The Kier molecular flexibility index (Phi) is 4.81. The molecule has 2 rings (SSSR count). The number of nitrogens with one attached hydrogen (secondary N) is 1. The fraction of sp³-hybridized carbons (Fsp3) is 0.188. The molecular formula is C16H15ClFNO2. The summed E-state index contributed by atoms with van der Waals surface area (Å²) < 4.78 is 18.6. The fourth-order valence-corrected chi connectivity index (χ4v) is 2.06. The lowest BCUT2D eigenvalue weighted by atomic mass is 10.2. The zero-order chi connectivity index (χ0) is 15.4. The number of rotatable bonds is 4. The van der Waals surface area contributed by atoms with E-state index in [4.69, 9.17) is 16.3 Å². The largest absolute Gasteiger partial charge is 0.483 e. The summed E-state index contributed by atoms with van der Waals surface area (Å²) in [5, 5.41) is 3.23. The number of aryl methyl sites for hydroxylation is 2. The molecule has 0 aliphatic rings. The first kappa shape index (κ1) is 15.3. The maximum atomic E-state index is 13.1. The fourth-order valence-electron chi connectivity index (χ4n) is 1.83. The normalized spacial score (nSPS) is 10.3. The van der Waals surface area contributed by atoms with Crippen LogP contribution in [0.1, 0.15) is 11.1 Å². The van der Waals surface area contributed by atoms with Gasteiger partial charge < -0.3 is 10.1 Å². The molecule has 2 aromatic rings. The topological polar surface area (TPSA) is 38.3 Å². The Hall–Kier alpha value is -2.07. The van der Waals surface area contributed by atoms with E-state index in [1.54, 1.807) is 31.2 Å². The molecule has 3 nitrogen and oxygen atoms in total. The maximum absolute atomic E-state index is 13.1. The zero-order valence-electron chi connectivity index (χ0n) is 11.7. The number of amides is 1. The highest BCUT2D eigenvalue weighted by atomic mass is 35.5. The Balaban J connectivity index is 1.97. The third kappa shape index (κ3) is 4.20. The quantitative estimate of drug-likeness (QED) is 0.923. The number of hydrogen-bond donors (Lipinski definition) is 1. The minimum absolute atomic E-state index is 0.154. The summed E-state index contributed by atoms with van der Waals surface area (Å²) in [5.41, 5.74) is 2.07. The monoisotopic (exact) mass is 307 g/mol. The lowest BCUT2D eigenvalue weighted by molar-refractivity contribution is -0.118. The summed E-state index contributed by atoms with van der Waals surface area (Å²) in [6.07, 6.45) is 0. The Morgan fingerprint density at radius 2 is 1.95 bits per heavy atom. The molecule has 0 saturated heterocycles. The van der Waals surface area contributed by atoms with Gasteiger partial charge in [-0.2, -0.15) is 0 Å². The van der Waals surface area contributed by atoms with Crippen molar-refractivity contribution in [3.63, 3.8) is 0 Å². The molecule has 21 heavy (non-hydrogen) atoms. The van der Waals surface area contributed by atoms with Gasteiger partial charge in [-0.15, -0.1) is 0 Å². The highest BCUT2D eigenvalue weighted by molar-refractivity contribution is 6.30. The van der Waals surface area contributed by atoms with E-state index in [0.29, 0.717) is 16.5 Å². The molecule has 0 aromatic heterocycles. The summed E-state index contributed by atoms with van der Waals surface area (Å²) in [5.74, 6) is -0.158. The summed E-state index contributed by atoms with van der Waals surface area (Å²) in [4.78, 5) is 11.8. The molecule has 0 aliphatic carbocycles. The number of carbonyl (C=O) groups is 1. The van der Waals surface area contributed by atoms with Crippen molar-refractivity contribution in [2.24, 2.45) is 0 Å². The van der Waals surface area contributed by atoms with Crippen molar-refractivity contribution in [1.82, 2.24) is 0 Å². The molecule has 0 aliphatic heterocycles. The Bertz CT molecular complexity index is 673. The summed E-state index contributed by atoms with van der Waals surface area (Å²) in [6, 6.07) is 9.39. The van der Waals surface area contributed by atoms with E-state index in [9.17, 15) is 9.18 Å². The zero-order valence-corrected chi connectivity index (χ0v) is 12.5. The van der Waals surface area contributed by atoms with Crippen molar-refractivity contribution in [3.05, 3.63) is 58.4 Å². The molecule has 110 valence electrons. The van der Waals surface area contributed by atoms with Gasteiger partial charge in [0.15, 0.2) is 6.61 Å². The third-order valence-corrected chi connectivity index (χ3v) is 3.20. The van der Waals surface area contributed by atoms with Gasteiger partial charge in [0.2, 0.25) is 0 Å². The minimum atomic E-state index is -0.398. The second-order valence-electron chi connectivity index (χ2n) is 4.71. The summed E-state index contributed by atoms with van der Waals surface area (Å²) in [6.45, 7) is 3.48. The predicted octanol–water partition coefficient (Wildman–Crippen LogP) is 4.11. The third-order valence-electron chi connectivity index (χ3n) is 2.97. The molecule has 0 atom stereocenters. The average molecular weight is 308 g/mol. The van der Waals surface area contributed by atoms with E-state index in [0.717, 1.165) is 11.1 Å². The van der Waals surface area contributed by atoms with Crippen LogP contribution >= 0.6 is 11.6 Å². The van der Waals surface area contributed by atoms with Crippen molar-refractivity contribution in [1.29, 1.82) is 0 Å². The first-order valence-electron chi connectivity index (χ1n) is 6.40. The van der Waals surface area contributed by atoms with Crippen molar-refractivity contribution < 1.29 is 13.9 Å². The first-order chi connectivity index (χ1) is 9.95. The van der Waals surface area contributed by atoms with E-state index in [-0.39, 0.29) is 12.5 Å². The van der Waals surface area contributed by atoms with Gasteiger partial charge in [0.1, 0.15) is 11.6 Å². The van der Waals surface area contributed by atoms with Crippen LogP contribution < -0.4 is 10.1 Å². The molecule has 1 N–H and O–H groups in total. The van der Waals surface area contributed by atoms with Crippen LogP contribution in [0.3, 0.4) is 0 Å². The van der Waals surface area contributed by atoms with Crippen LogP contribution in [-0.4, -0.2) is 12.5 Å². The second kappa shape index (κ2) is 6.59. The number of benzene rings is 2. The Morgan fingerprint density at radius 1 is 1.19 bits per heavy atom. The van der Waals surface area contributed by atoms with Gasteiger partial charge in [-0.05, 0) is 55.3 Å². The van der Waals surface area contributed by atoms with Crippen molar-refractivity contribution >= 4 is 23.2 Å². The van der Waals surface area contributed by atoms with Crippen LogP contribution in [-0.2, 0) is 4.79 Å². The molecule has 1 amide bonds. The van der Waals surface area contributed by atoms with Gasteiger partial charge >= 0.3 is 0 Å². The highest BCUT2D eigenvalue weighted by Crippen LogP contribution is 2.22. The van der Waals surface area contributed by atoms with Crippen LogP contribution in [0.15, 0.2) is 36.4 Å². The standard InChI is InChI=1S/C16H15ClFNO2/c1-10-3-5-13(18)8-14(10)19-16(20)9-21-15-6-4-12(17)7-11(15)2/h3-8H,9H2,1-2H3,(H,19,20). The van der Waals surface area contributed by atoms with Gasteiger partial charge in [-0.3, -0.25) is 4.79 Å². The van der Waals surface area contributed by atoms with E-state index in [1.165, 1.54) is 12.1 Å². The lowest BCUT2D eigenvalue weighted by Crippen LogP contribution is -2.21. The maximum Gasteiger partial charge on any atom is 0.262 e. The first-order valence-corrected chi connectivity index (χ1v) is 6.78. The van der Waals surface area contributed by atoms with Gasteiger partial charge in [0, 0.05) is 10.7 Å². The van der Waals surface area contributed by atoms with Gasteiger partial charge in [-0.1, -0.05) is 17.7 Å². The Labute approximate surface area is 127 Å². The number of hydrogen-bond acceptors (Lipinski definition) is 2. The molecule has 0 spiro atoms. The molecule has 0 unspecified atom stereocenters. The van der Waals surface area contributed by atoms with E-state index >= 15 is 0 Å². The number of anilines is 1. The van der Waals surface area contributed by atoms with Crippen molar-refractivity contribution in [2.45, 2.75) is 13.8 Å². The minimum Gasteiger partial charge on any atom is -0.483 e. The molecule has 0 bridgehead atoms. The Morgan fingerprint density at radius 3 is 2.67 bits per heavy atom. The van der Waals surface area contributed by atoms with Crippen molar-refractivity contribution in [2.75, 3.05) is 11.9 Å². The van der Waals surface area contributed by atoms with Crippen LogP contribution in [0.25, 0.3) is 0 Å². The van der Waals surface area contributed by atoms with E-state index in [1.807, 2.05) is 6.92 Å². The van der Waals surface area contributed by atoms with Crippen LogP contribution in [0, 0.1) is 19.7 Å². The number of halogens is 2. The molecule has 2 aromatic carbocycles. The summed E-state index contributed by atoms with van der Waals surface area (Å²) >= 11 is 5.85. The lowest BCUT2D eigenvalue weighted by Gasteiger charge is -2.11. The van der Waals surface area contributed by atoms with E-state index in [2.05, 4.69) is 5.32 Å². The SMILES string of the molecule is Cc1ccc(F)cc1NC(=O)COc1ccc(Cl)cc1C. The van der Waals surface area contributed by atoms with Gasteiger partial charge in [-0.25, -0.2) is 4.39 Å². The number of ether oxygens (including phenoxy) is 1. The smallest absolute Gasteiger partial charge is 0.262 e. The van der Waals surface area contributed by atoms with Gasteiger partial charge in [0.05, 0.1) is 0 Å². The van der Waals surface area contributed by atoms with Gasteiger partial charge in [0.25, 0.3) is 5.91 Å². The molecule has 0 heterocycles. The van der Waals surface area contributed by atoms with E-state index < -0.39 is 5.82 Å². The number of carbonyl (C=O) groups excluding carboxylic acids is 1. The van der Waals surface area contributed by atoms with Crippen LogP contribution in [0.2, 0.25) is 5.02 Å². The molecule has 0 radical (unpaired) electrons. The molecule has 0 fully saturated rings. The predicted molar refractivity (Wildman–Crippen MR) is 81.5 cm³/mol. The second-order valence-corrected chi connectivity index (χ2v) is 5.14. The average Bonchev–Trinajstić information content (AvgIpc) is 2.42. The molecule has 5 heteroatoms. The summed E-state index contributed by atoms with van der Waals surface area (Å²) in [7, 11) is 0. The van der Waals surface area contributed by atoms with Crippen LogP contribution in [0.5, 0.6) is 5.75 Å². The molecule has 0 saturated carbocycles.